The van der Waals surface area contributed by atoms with Crippen molar-refractivity contribution >= 4 is 21.7 Å². The van der Waals surface area contributed by atoms with Crippen molar-refractivity contribution in [1.82, 2.24) is 4.90 Å². The minimum atomic E-state index is 0.205. The normalized spacial score (nSPS) is 17.2. The summed E-state index contributed by atoms with van der Waals surface area (Å²) in [4.78, 5) is 13.7. The van der Waals surface area contributed by atoms with E-state index in [1.807, 2.05) is 30.1 Å². The van der Waals surface area contributed by atoms with Crippen LogP contribution in [0.2, 0.25) is 0 Å². The molecule has 3 heteroatoms. The van der Waals surface area contributed by atoms with Crippen LogP contribution in [0.3, 0.4) is 0 Å². The molecule has 0 N–H and O–H groups in total. The second-order valence-corrected chi connectivity index (χ2v) is 4.22. The molecule has 0 radical (unpaired) electrons. The van der Waals surface area contributed by atoms with Crippen LogP contribution in [0.15, 0.2) is 22.7 Å². The lowest BCUT2D eigenvalue weighted by molar-refractivity contribution is 0.0922. The molecule has 0 bridgehead atoms. The topological polar surface area (TPSA) is 20.3 Å². The highest BCUT2D eigenvalue weighted by molar-refractivity contribution is 9.10. The predicted molar refractivity (Wildman–Crippen MR) is 54.8 cm³/mol. The molecular formula is C10H10BrNO. The minimum absolute atomic E-state index is 0.205. The van der Waals surface area contributed by atoms with Crippen LogP contribution in [-0.2, 0) is 6.54 Å². The fourth-order valence-corrected chi connectivity index (χ4v) is 2.31. The number of ketones is 1. The average Bonchev–Trinajstić information content (AvgIpc) is 2.02. The van der Waals surface area contributed by atoms with Gasteiger partial charge in [-0.25, -0.2) is 0 Å². The van der Waals surface area contributed by atoms with Crippen molar-refractivity contribution in [3.63, 3.8) is 0 Å². The lowest BCUT2D eigenvalue weighted by atomic mass is 9.99. The molecule has 0 spiro atoms. The number of halogens is 1. The number of carbonyl (C=O) groups is 1. The molecule has 1 aromatic rings. The number of hydrogen-bond donors (Lipinski definition) is 0. The van der Waals surface area contributed by atoms with Crippen LogP contribution in [0.5, 0.6) is 0 Å². The van der Waals surface area contributed by atoms with Gasteiger partial charge in [0.25, 0.3) is 0 Å². The van der Waals surface area contributed by atoms with Crippen molar-refractivity contribution in [2.75, 3.05) is 13.6 Å². The Kier molecular flexibility index (Phi) is 2.22. The van der Waals surface area contributed by atoms with Gasteiger partial charge in [-0.2, -0.15) is 0 Å². The van der Waals surface area contributed by atoms with E-state index in [0.717, 1.165) is 22.1 Å². The lowest BCUT2D eigenvalue weighted by Crippen LogP contribution is -2.32. The van der Waals surface area contributed by atoms with E-state index in [9.17, 15) is 4.79 Å². The van der Waals surface area contributed by atoms with Crippen LogP contribution < -0.4 is 0 Å². The third-order valence-electron chi connectivity index (χ3n) is 2.23. The molecule has 1 aliphatic heterocycles. The van der Waals surface area contributed by atoms with E-state index in [4.69, 9.17) is 0 Å². The number of likely N-dealkylation sites (N-methyl/N-ethyl adjacent to an activating group) is 1. The Morgan fingerprint density at radius 2 is 2.15 bits per heavy atom. The van der Waals surface area contributed by atoms with Gasteiger partial charge in [0, 0.05) is 16.6 Å². The Morgan fingerprint density at radius 3 is 2.92 bits per heavy atom. The first-order valence-corrected chi connectivity index (χ1v) is 4.97. The third-order valence-corrected chi connectivity index (χ3v) is 2.89. The van der Waals surface area contributed by atoms with Crippen LogP contribution in [-0.4, -0.2) is 24.3 Å². The number of carbonyl (C=O) groups excluding carboxylic acids is 1. The van der Waals surface area contributed by atoms with Gasteiger partial charge in [-0.15, -0.1) is 0 Å². The highest BCUT2D eigenvalue weighted by Gasteiger charge is 2.22. The van der Waals surface area contributed by atoms with Gasteiger partial charge >= 0.3 is 0 Å². The summed E-state index contributed by atoms with van der Waals surface area (Å²) in [6.07, 6.45) is 0. The molecule has 1 aromatic carbocycles. The van der Waals surface area contributed by atoms with E-state index in [0.29, 0.717) is 6.54 Å². The van der Waals surface area contributed by atoms with Gasteiger partial charge in [0.05, 0.1) is 6.54 Å². The summed E-state index contributed by atoms with van der Waals surface area (Å²) in [5.41, 5.74) is 1.98. The molecule has 1 heterocycles. The van der Waals surface area contributed by atoms with Gasteiger partial charge in [0.2, 0.25) is 0 Å². The van der Waals surface area contributed by atoms with E-state index in [2.05, 4.69) is 15.9 Å². The molecule has 0 aromatic heterocycles. The van der Waals surface area contributed by atoms with Gasteiger partial charge in [-0.3, -0.25) is 9.69 Å². The van der Waals surface area contributed by atoms with Crippen molar-refractivity contribution in [2.45, 2.75) is 6.54 Å². The fraction of sp³-hybridized carbons (Fsp3) is 0.300. The Balaban J connectivity index is 2.55. The van der Waals surface area contributed by atoms with Crippen molar-refractivity contribution in [1.29, 1.82) is 0 Å². The molecule has 0 amide bonds. The second-order valence-electron chi connectivity index (χ2n) is 3.37. The summed E-state index contributed by atoms with van der Waals surface area (Å²) in [5.74, 6) is 0.205. The SMILES string of the molecule is CN1CC(=O)c2c(Br)cccc2C1. The van der Waals surface area contributed by atoms with Crippen molar-refractivity contribution in [3.05, 3.63) is 33.8 Å². The Labute approximate surface area is 85.7 Å². The molecule has 0 saturated heterocycles. The van der Waals surface area contributed by atoms with E-state index >= 15 is 0 Å². The first-order chi connectivity index (χ1) is 6.18. The molecule has 0 fully saturated rings. The number of benzene rings is 1. The van der Waals surface area contributed by atoms with E-state index in [-0.39, 0.29) is 5.78 Å². The van der Waals surface area contributed by atoms with Crippen LogP contribution in [0.4, 0.5) is 0 Å². The molecular weight excluding hydrogens is 230 g/mol. The molecule has 2 rings (SSSR count). The minimum Gasteiger partial charge on any atom is -0.295 e. The third kappa shape index (κ3) is 1.54. The maximum Gasteiger partial charge on any atom is 0.178 e. The van der Waals surface area contributed by atoms with Crippen LogP contribution in [0, 0.1) is 0 Å². The zero-order valence-electron chi connectivity index (χ0n) is 7.38. The Hall–Kier alpha value is -0.670. The summed E-state index contributed by atoms with van der Waals surface area (Å²) < 4.78 is 0.920. The maximum absolute atomic E-state index is 11.6. The molecule has 68 valence electrons. The zero-order valence-corrected chi connectivity index (χ0v) is 8.97. The first kappa shape index (κ1) is 8.91. The maximum atomic E-state index is 11.6. The van der Waals surface area contributed by atoms with E-state index in [1.54, 1.807) is 0 Å². The molecule has 0 aliphatic carbocycles. The highest BCUT2D eigenvalue weighted by Crippen LogP contribution is 2.25. The monoisotopic (exact) mass is 239 g/mol. The number of rotatable bonds is 0. The van der Waals surface area contributed by atoms with E-state index < -0.39 is 0 Å². The molecule has 0 atom stereocenters. The summed E-state index contributed by atoms with van der Waals surface area (Å²) in [5, 5.41) is 0. The zero-order chi connectivity index (χ0) is 9.42. The summed E-state index contributed by atoms with van der Waals surface area (Å²) in [6, 6.07) is 5.89. The predicted octanol–water partition coefficient (Wildman–Crippen LogP) is 2.08. The quantitative estimate of drug-likeness (QED) is 0.691. The van der Waals surface area contributed by atoms with Gasteiger partial charge in [-0.05, 0) is 18.7 Å². The van der Waals surface area contributed by atoms with Crippen LogP contribution in [0.25, 0.3) is 0 Å². The number of Topliss-reactive ketones (excluding diaryl/α,β-unsaturated/α-hetero) is 1. The van der Waals surface area contributed by atoms with Gasteiger partial charge in [0.15, 0.2) is 5.78 Å². The number of nitrogens with zero attached hydrogens (tertiary/aromatic N) is 1. The Morgan fingerprint density at radius 1 is 1.38 bits per heavy atom. The molecule has 0 saturated carbocycles. The van der Waals surface area contributed by atoms with Crippen LogP contribution in [0.1, 0.15) is 15.9 Å². The summed E-state index contributed by atoms with van der Waals surface area (Å²) in [6.45, 7) is 1.39. The molecule has 13 heavy (non-hydrogen) atoms. The van der Waals surface area contributed by atoms with Gasteiger partial charge in [-0.1, -0.05) is 28.1 Å². The standard InChI is InChI=1S/C10H10BrNO/c1-12-5-7-3-2-4-8(11)10(7)9(13)6-12/h2-4H,5-6H2,1H3. The molecule has 1 aliphatic rings. The fourth-order valence-electron chi connectivity index (χ4n) is 1.68. The average molecular weight is 240 g/mol. The second kappa shape index (κ2) is 3.24. The highest BCUT2D eigenvalue weighted by atomic mass is 79.9. The number of fused-ring (bicyclic) bond motifs is 1. The number of hydrogen-bond acceptors (Lipinski definition) is 2. The first-order valence-electron chi connectivity index (χ1n) is 4.17. The van der Waals surface area contributed by atoms with Crippen molar-refractivity contribution in [3.8, 4) is 0 Å². The van der Waals surface area contributed by atoms with E-state index in [1.165, 1.54) is 0 Å². The van der Waals surface area contributed by atoms with Gasteiger partial charge in [0.1, 0.15) is 0 Å². The van der Waals surface area contributed by atoms with Crippen molar-refractivity contribution < 1.29 is 4.79 Å². The molecule has 2 nitrogen and oxygen atoms in total. The van der Waals surface area contributed by atoms with Crippen molar-refractivity contribution in [2.24, 2.45) is 0 Å². The van der Waals surface area contributed by atoms with Crippen LogP contribution >= 0.6 is 15.9 Å². The summed E-state index contributed by atoms with van der Waals surface area (Å²) >= 11 is 3.40. The largest absolute Gasteiger partial charge is 0.295 e. The van der Waals surface area contributed by atoms with Gasteiger partial charge < -0.3 is 0 Å². The molecule has 0 unspecified atom stereocenters. The summed E-state index contributed by atoms with van der Waals surface area (Å²) in [7, 11) is 1.96. The lowest BCUT2D eigenvalue weighted by Gasteiger charge is -2.24. The Bertz CT molecular complexity index is 362. The smallest absolute Gasteiger partial charge is 0.178 e.